The van der Waals surface area contributed by atoms with E-state index < -0.39 is 6.67 Å². The van der Waals surface area contributed by atoms with Gasteiger partial charge in [0.15, 0.2) is 0 Å². The number of carbonyl (C=O) groups is 1. The van der Waals surface area contributed by atoms with E-state index in [-0.39, 0.29) is 35.6 Å². The zero-order chi connectivity index (χ0) is 20.5. The number of hydrogen-bond donors (Lipinski definition) is 0. The predicted molar refractivity (Wildman–Crippen MR) is 113 cm³/mol. The molecule has 0 spiro atoms. The number of allylic oxidation sites excluding steroid dienone is 1. The molecule has 148 valence electrons. The highest BCUT2D eigenvalue weighted by Gasteiger charge is 2.61. The van der Waals surface area contributed by atoms with E-state index in [1.807, 2.05) is 19.9 Å². The van der Waals surface area contributed by atoms with Crippen molar-refractivity contribution in [2.75, 3.05) is 0 Å². The molecule has 1 fully saturated rings. The van der Waals surface area contributed by atoms with Crippen molar-refractivity contribution in [3.05, 3.63) is 68.9 Å². The Morgan fingerprint density at radius 1 is 1.18 bits per heavy atom. The third kappa shape index (κ3) is 4.38. The van der Waals surface area contributed by atoms with Crippen LogP contribution in [-0.2, 0) is 22.8 Å². The van der Waals surface area contributed by atoms with E-state index in [2.05, 4.69) is 31.9 Å². The highest BCUT2D eigenvalue weighted by atomic mass is 79.9. The molecule has 0 bridgehead atoms. The van der Waals surface area contributed by atoms with Crippen LogP contribution in [0.5, 0.6) is 0 Å². The van der Waals surface area contributed by atoms with E-state index in [0.717, 1.165) is 8.96 Å². The van der Waals surface area contributed by atoms with Gasteiger partial charge in [0, 0.05) is 0 Å². The molecule has 0 heterocycles. The SMILES string of the molecule is CC1(C)[C@H](C(=O)OCc2cccc(-c3ccc(F)cc3)c2CF)[C@@H]1C=C(Br)Br. The zero-order valence-electron chi connectivity index (χ0n) is 15.5. The molecule has 1 saturated carbocycles. The van der Waals surface area contributed by atoms with Crippen molar-refractivity contribution in [1.29, 1.82) is 0 Å². The average Bonchev–Trinajstić information content (AvgIpc) is 3.19. The number of alkyl halides is 1. The van der Waals surface area contributed by atoms with E-state index >= 15 is 0 Å². The van der Waals surface area contributed by atoms with Crippen LogP contribution in [0, 0.1) is 23.1 Å². The summed E-state index contributed by atoms with van der Waals surface area (Å²) in [5.74, 6) is -0.780. The van der Waals surface area contributed by atoms with E-state index in [9.17, 15) is 13.6 Å². The summed E-state index contributed by atoms with van der Waals surface area (Å²) in [5, 5.41) is 0. The molecule has 0 unspecified atom stereocenters. The Morgan fingerprint density at radius 2 is 1.86 bits per heavy atom. The van der Waals surface area contributed by atoms with Gasteiger partial charge in [0.2, 0.25) is 0 Å². The smallest absolute Gasteiger partial charge is 0.310 e. The number of halogens is 4. The molecule has 6 heteroatoms. The number of benzene rings is 2. The van der Waals surface area contributed by atoms with E-state index in [0.29, 0.717) is 16.7 Å². The Kier molecular flexibility index (Phi) is 6.40. The Balaban J connectivity index is 1.76. The summed E-state index contributed by atoms with van der Waals surface area (Å²) in [6.45, 7) is 3.35. The van der Waals surface area contributed by atoms with Crippen molar-refractivity contribution in [3.63, 3.8) is 0 Å². The number of rotatable bonds is 6. The minimum absolute atomic E-state index is 0.00557. The van der Waals surface area contributed by atoms with Crippen molar-refractivity contribution in [2.24, 2.45) is 17.3 Å². The number of carbonyl (C=O) groups excluding carboxylic acids is 1. The van der Waals surface area contributed by atoms with Gasteiger partial charge in [-0.3, -0.25) is 4.79 Å². The lowest BCUT2D eigenvalue weighted by molar-refractivity contribution is -0.147. The minimum Gasteiger partial charge on any atom is -0.461 e. The first-order chi connectivity index (χ1) is 13.3. The van der Waals surface area contributed by atoms with E-state index in [1.54, 1.807) is 30.3 Å². The molecule has 0 aliphatic heterocycles. The molecule has 0 saturated heterocycles. The monoisotopic (exact) mass is 512 g/mol. The van der Waals surface area contributed by atoms with Gasteiger partial charge in [0.25, 0.3) is 0 Å². The number of ether oxygens (including phenoxy) is 1. The highest BCUT2D eigenvalue weighted by molar-refractivity contribution is 9.28. The normalized spacial score (nSPS) is 19.8. The molecule has 2 atom stereocenters. The van der Waals surface area contributed by atoms with Crippen LogP contribution < -0.4 is 0 Å². The standard InChI is InChI=1S/C22H20Br2F2O2/c1-22(2)18(10-19(23)24)20(22)21(27)28-12-14-4-3-5-16(17(14)11-25)13-6-8-15(26)9-7-13/h3-10,18,20H,11-12H2,1-2H3/t18-,20-/m0/s1. The van der Waals surface area contributed by atoms with Gasteiger partial charge in [-0.25, -0.2) is 8.78 Å². The Morgan fingerprint density at radius 3 is 2.46 bits per heavy atom. The van der Waals surface area contributed by atoms with Crippen molar-refractivity contribution in [2.45, 2.75) is 27.1 Å². The third-order valence-corrected chi connectivity index (χ3v) is 5.93. The molecule has 2 aromatic rings. The molecule has 2 aromatic carbocycles. The second-order valence-electron chi connectivity index (χ2n) is 7.47. The molecule has 0 N–H and O–H groups in total. The second-order valence-corrected chi connectivity index (χ2v) is 10.2. The van der Waals surface area contributed by atoms with Gasteiger partial charge in [0.05, 0.1) is 9.31 Å². The topological polar surface area (TPSA) is 26.3 Å². The van der Waals surface area contributed by atoms with Crippen LogP contribution in [0.15, 0.2) is 51.9 Å². The first kappa shape index (κ1) is 21.2. The van der Waals surface area contributed by atoms with Gasteiger partial charge in [-0.1, -0.05) is 50.3 Å². The first-order valence-corrected chi connectivity index (χ1v) is 10.5. The van der Waals surface area contributed by atoms with Gasteiger partial charge in [0.1, 0.15) is 19.1 Å². The van der Waals surface area contributed by atoms with Crippen molar-refractivity contribution in [3.8, 4) is 11.1 Å². The van der Waals surface area contributed by atoms with Crippen LogP contribution in [0.25, 0.3) is 11.1 Å². The van der Waals surface area contributed by atoms with Gasteiger partial charge >= 0.3 is 5.97 Å². The summed E-state index contributed by atoms with van der Waals surface area (Å²) < 4.78 is 33.3. The van der Waals surface area contributed by atoms with Crippen LogP contribution in [-0.4, -0.2) is 5.97 Å². The van der Waals surface area contributed by atoms with E-state index in [4.69, 9.17) is 4.74 Å². The fraction of sp³-hybridized carbons (Fsp3) is 0.318. The molecule has 3 rings (SSSR count). The third-order valence-electron chi connectivity index (χ3n) is 5.40. The quantitative estimate of drug-likeness (QED) is 0.392. The maximum absolute atomic E-state index is 13.8. The van der Waals surface area contributed by atoms with Gasteiger partial charge in [-0.05, 0) is 77.6 Å². The summed E-state index contributed by atoms with van der Waals surface area (Å²) in [5.41, 5.74) is 2.29. The predicted octanol–water partition coefficient (Wildman–Crippen LogP) is 6.91. The summed E-state index contributed by atoms with van der Waals surface area (Å²) in [4.78, 5) is 12.6. The largest absolute Gasteiger partial charge is 0.461 e. The molecular weight excluding hydrogens is 494 g/mol. The summed E-state index contributed by atoms with van der Waals surface area (Å²) in [7, 11) is 0. The molecule has 0 radical (unpaired) electrons. The van der Waals surface area contributed by atoms with Crippen LogP contribution in [0.2, 0.25) is 0 Å². The molecule has 28 heavy (non-hydrogen) atoms. The molecule has 2 nitrogen and oxygen atoms in total. The second kappa shape index (κ2) is 8.46. The van der Waals surface area contributed by atoms with Crippen molar-refractivity contribution >= 4 is 37.8 Å². The summed E-state index contributed by atoms with van der Waals surface area (Å²) in [6, 6.07) is 11.2. The maximum atomic E-state index is 13.8. The van der Waals surface area contributed by atoms with Crippen LogP contribution in [0.4, 0.5) is 8.78 Å². The lowest BCUT2D eigenvalue weighted by Gasteiger charge is -2.13. The van der Waals surface area contributed by atoms with Gasteiger partial charge in [-0.15, -0.1) is 0 Å². The average molecular weight is 514 g/mol. The Bertz CT molecular complexity index is 903. The summed E-state index contributed by atoms with van der Waals surface area (Å²) >= 11 is 6.67. The van der Waals surface area contributed by atoms with E-state index in [1.165, 1.54) is 12.1 Å². The van der Waals surface area contributed by atoms with Gasteiger partial charge < -0.3 is 4.74 Å². The zero-order valence-corrected chi connectivity index (χ0v) is 18.7. The number of esters is 1. The molecule has 0 amide bonds. The Hall–Kier alpha value is -1.53. The maximum Gasteiger partial charge on any atom is 0.310 e. The van der Waals surface area contributed by atoms with Crippen molar-refractivity contribution in [1.82, 2.24) is 0 Å². The Labute approximate surface area is 180 Å². The molecule has 0 aromatic heterocycles. The minimum atomic E-state index is -0.697. The van der Waals surface area contributed by atoms with Crippen LogP contribution >= 0.6 is 31.9 Å². The van der Waals surface area contributed by atoms with Crippen LogP contribution in [0.1, 0.15) is 25.0 Å². The number of hydrogen-bond acceptors (Lipinski definition) is 2. The fourth-order valence-corrected chi connectivity index (χ4v) is 4.21. The molecule has 1 aliphatic carbocycles. The lowest BCUT2D eigenvalue weighted by Crippen LogP contribution is -2.11. The molecular formula is C22H20Br2F2O2. The van der Waals surface area contributed by atoms with Gasteiger partial charge in [-0.2, -0.15) is 0 Å². The van der Waals surface area contributed by atoms with Crippen molar-refractivity contribution < 1.29 is 18.3 Å². The molecule has 1 aliphatic rings. The lowest BCUT2D eigenvalue weighted by atomic mass is 9.96. The summed E-state index contributed by atoms with van der Waals surface area (Å²) in [6.07, 6.45) is 1.95. The highest BCUT2D eigenvalue weighted by Crippen LogP contribution is 2.60. The fourth-order valence-electron chi connectivity index (χ4n) is 3.64. The first-order valence-electron chi connectivity index (χ1n) is 8.87. The van der Waals surface area contributed by atoms with Crippen LogP contribution in [0.3, 0.4) is 0 Å².